The first-order valence-corrected chi connectivity index (χ1v) is 15.8. The highest BCUT2D eigenvalue weighted by Crippen LogP contribution is 2.63. The summed E-state index contributed by atoms with van der Waals surface area (Å²) in [4.78, 5) is 28.0. The van der Waals surface area contributed by atoms with Crippen molar-refractivity contribution >= 4 is 61.8 Å². The molecule has 0 spiro atoms. The summed E-state index contributed by atoms with van der Waals surface area (Å²) in [5, 5.41) is 13.1. The number of aromatic amines is 3. The molecule has 2 atom stereocenters. The zero-order valence-electron chi connectivity index (χ0n) is 23.0. The number of hydrogen-bond acceptors (Lipinski definition) is 8. The zero-order chi connectivity index (χ0) is 29.1. The molecule has 0 aliphatic carbocycles. The van der Waals surface area contributed by atoms with Gasteiger partial charge in [0, 0.05) is 63.6 Å². The van der Waals surface area contributed by atoms with Gasteiger partial charge in [-0.15, -0.1) is 16.4 Å². The molecule has 0 bridgehead atoms. The molecule has 2 aromatic carbocycles. The summed E-state index contributed by atoms with van der Waals surface area (Å²) in [5.41, 5.74) is 5.57. The molecule has 2 unspecified atom stereocenters. The molecule has 9 rings (SSSR count). The van der Waals surface area contributed by atoms with Crippen molar-refractivity contribution in [1.82, 2.24) is 39.5 Å². The topological polar surface area (TPSA) is 115 Å². The summed E-state index contributed by atoms with van der Waals surface area (Å²) >= 11 is 2.95. The molecule has 1 aliphatic heterocycles. The molecule has 3 N–H and O–H groups in total. The van der Waals surface area contributed by atoms with E-state index < -0.39 is 5.54 Å². The molecule has 11 heteroatoms. The maximum Gasteiger partial charge on any atom is 0.208 e. The quantitative estimate of drug-likeness (QED) is 0.184. The van der Waals surface area contributed by atoms with Gasteiger partial charge in [0.05, 0.1) is 28.7 Å². The third kappa shape index (κ3) is 3.53. The Bertz CT molecular complexity index is 2220. The van der Waals surface area contributed by atoms with Crippen LogP contribution in [-0.2, 0) is 5.54 Å². The molecule has 0 amide bonds. The normalized spacial score (nSPS) is 18.6. The van der Waals surface area contributed by atoms with Gasteiger partial charge in [-0.1, -0.05) is 53.0 Å². The SMILES string of the molecule is c1ccc(C2(c3csnn3)C(c3nccs3)C(c3[nH]cc4ccccc34)=C(c3cc4ccccc4[nH]3)N2c2ncc[nH]2)nc1. The second-order valence-corrected chi connectivity index (χ2v) is 12.1. The van der Waals surface area contributed by atoms with Crippen molar-refractivity contribution in [1.29, 1.82) is 0 Å². The first-order chi connectivity index (χ1) is 21.8. The van der Waals surface area contributed by atoms with Crippen LogP contribution in [0.5, 0.6) is 0 Å². The standard InChI is InChI=1S/C33H23N9S2/c1-3-9-22-21(8-1)18-38-29(22)27-28(31-35-15-16-43-31)33(26-19-44-41-40-26,25-11-5-6-12-34-25)42(32-36-13-14-37-32)30(27)24-17-20-7-2-4-10-23(20)39-24/h1-19,28,38-39H,(H,36,37). The van der Waals surface area contributed by atoms with Gasteiger partial charge in [0.2, 0.25) is 5.95 Å². The van der Waals surface area contributed by atoms with E-state index in [0.29, 0.717) is 5.95 Å². The van der Waals surface area contributed by atoms with E-state index in [0.717, 1.165) is 60.7 Å². The van der Waals surface area contributed by atoms with Crippen molar-refractivity contribution in [2.75, 3.05) is 4.90 Å². The summed E-state index contributed by atoms with van der Waals surface area (Å²) < 4.78 is 4.39. The van der Waals surface area contributed by atoms with Crippen molar-refractivity contribution in [2.24, 2.45) is 0 Å². The maximum absolute atomic E-state index is 5.04. The van der Waals surface area contributed by atoms with Crippen molar-refractivity contribution in [3.05, 3.63) is 142 Å². The Morgan fingerprint density at radius 2 is 1.70 bits per heavy atom. The highest BCUT2D eigenvalue weighted by molar-refractivity contribution is 7.09. The summed E-state index contributed by atoms with van der Waals surface area (Å²) in [6, 6.07) is 25.0. The van der Waals surface area contributed by atoms with Gasteiger partial charge in [-0.25, -0.2) is 9.97 Å². The van der Waals surface area contributed by atoms with Gasteiger partial charge in [0.25, 0.3) is 0 Å². The number of anilines is 1. The van der Waals surface area contributed by atoms with Crippen LogP contribution in [0, 0.1) is 0 Å². The van der Waals surface area contributed by atoms with Crippen LogP contribution in [0.25, 0.3) is 32.9 Å². The van der Waals surface area contributed by atoms with E-state index in [9.17, 15) is 0 Å². The molecule has 6 aromatic heterocycles. The maximum atomic E-state index is 5.04. The lowest BCUT2D eigenvalue weighted by molar-refractivity contribution is 0.466. The Kier molecular flexibility index (Phi) is 5.62. The molecule has 8 aromatic rings. The molecule has 1 aliphatic rings. The highest BCUT2D eigenvalue weighted by atomic mass is 32.1. The molecule has 0 saturated heterocycles. The van der Waals surface area contributed by atoms with Gasteiger partial charge < -0.3 is 15.0 Å². The van der Waals surface area contributed by atoms with Crippen LogP contribution in [0.3, 0.4) is 0 Å². The second kappa shape index (κ2) is 9.83. The second-order valence-electron chi connectivity index (χ2n) is 10.6. The molecule has 9 nitrogen and oxygen atoms in total. The Hall–Kier alpha value is -5.39. The largest absolute Gasteiger partial charge is 0.360 e. The Morgan fingerprint density at radius 3 is 2.48 bits per heavy atom. The number of benzene rings is 2. The van der Waals surface area contributed by atoms with E-state index in [1.54, 1.807) is 17.5 Å². The first-order valence-electron chi connectivity index (χ1n) is 14.1. The van der Waals surface area contributed by atoms with Gasteiger partial charge in [-0.05, 0) is 41.2 Å². The van der Waals surface area contributed by atoms with Crippen molar-refractivity contribution in [3.63, 3.8) is 0 Å². The van der Waals surface area contributed by atoms with E-state index in [1.165, 1.54) is 11.5 Å². The minimum Gasteiger partial charge on any atom is -0.360 e. The number of imidazole rings is 1. The van der Waals surface area contributed by atoms with Crippen LogP contribution < -0.4 is 4.90 Å². The van der Waals surface area contributed by atoms with Gasteiger partial charge in [-0.2, -0.15) is 0 Å². The number of rotatable bonds is 6. The predicted octanol–water partition coefficient (Wildman–Crippen LogP) is 7.19. The van der Waals surface area contributed by atoms with E-state index in [-0.39, 0.29) is 5.92 Å². The van der Waals surface area contributed by atoms with Crippen LogP contribution in [0.1, 0.15) is 33.7 Å². The summed E-state index contributed by atoms with van der Waals surface area (Å²) in [6.45, 7) is 0. The molecular weight excluding hydrogens is 587 g/mol. The van der Waals surface area contributed by atoms with Gasteiger partial charge in [0.1, 0.15) is 16.2 Å². The minimum absolute atomic E-state index is 0.352. The number of para-hydroxylation sites is 1. The molecule has 212 valence electrons. The van der Waals surface area contributed by atoms with E-state index >= 15 is 0 Å². The molecule has 44 heavy (non-hydrogen) atoms. The number of thiazole rings is 1. The Balaban J connectivity index is 1.50. The number of aromatic nitrogens is 8. The van der Waals surface area contributed by atoms with Crippen molar-refractivity contribution in [2.45, 2.75) is 11.5 Å². The Morgan fingerprint density at radius 1 is 0.818 bits per heavy atom. The Labute approximate surface area is 259 Å². The minimum atomic E-state index is -1.00. The summed E-state index contributed by atoms with van der Waals surface area (Å²) in [6.07, 6.45) is 9.40. The smallest absolute Gasteiger partial charge is 0.208 e. The average Bonchev–Trinajstić information content (AvgIpc) is 3.92. The lowest BCUT2D eigenvalue weighted by Crippen LogP contribution is -2.48. The number of fused-ring (bicyclic) bond motifs is 2. The molecule has 0 radical (unpaired) electrons. The predicted molar refractivity (Wildman–Crippen MR) is 174 cm³/mol. The summed E-state index contributed by atoms with van der Waals surface area (Å²) in [5.74, 6) is 0.305. The zero-order valence-corrected chi connectivity index (χ0v) is 24.7. The summed E-state index contributed by atoms with van der Waals surface area (Å²) in [7, 11) is 0. The van der Waals surface area contributed by atoms with E-state index in [4.69, 9.17) is 20.1 Å². The molecule has 0 fully saturated rings. The van der Waals surface area contributed by atoms with Gasteiger partial charge in [0.15, 0.2) is 0 Å². The van der Waals surface area contributed by atoms with E-state index in [1.807, 2.05) is 47.5 Å². The van der Waals surface area contributed by atoms with Crippen LogP contribution in [0.2, 0.25) is 0 Å². The monoisotopic (exact) mass is 609 g/mol. The van der Waals surface area contributed by atoms with Crippen LogP contribution in [-0.4, -0.2) is 39.5 Å². The fraction of sp³-hybridized carbons (Fsp3) is 0.0606. The highest BCUT2D eigenvalue weighted by Gasteiger charge is 2.61. The first kappa shape index (κ1) is 25.1. The van der Waals surface area contributed by atoms with E-state index in [2.05, 4.69) is 85.1 Å². The van der Waals surface area contributed by atoms with Crippen LogP contribution in [0.15, 0.2) is 115 Å². The molecule has 7 heterocycles. The third-order valence-electron chi connectivity index (χ3n) is 8.39. The number of pyridine rings is 1. The lowest BCUT2D eigenvalue weighted by atomic mass is 9.75. The fourth-order valence-corrected chi connectivity index (χ4v) is 8.02. The fourth-order valence-electron chi connectivity index (χ4n) is 6.71. The third-order valence-corrected chi connectivity index (χ3v) is 9.74. The number of nitrogens with zero attached hydrogens (tertiary/aromatic N) is 6. The van der Waals surface area contributed by atoms with Crippen LogP contribution in [0.4, 0.5) is 5.95 Å². The number of H-pyrrole nitrogens is 3. The lowest BCUT2D eigenvalue weighted by Gasteiger charge is -2.41. The number of nitrogens with one attached hydrogen (secondary N) is 3. The van der Waals surface area contributed by atoms with Crippen molar-refractivity contribution < 1.29 is 0 Å². The number of hydrogen-bond donors (Lipinski definition) is 3. The molecular formula is C33H23N9S2. The molecule has 0 saturated carbocycles. The van der Waals surface area contributed by atoms with Gasteiger partial charge >= 0.3 is 0 Å². The van der Waals surface area contributed by atoms with Crippen molar-refractivity contribution in [3.8, 4) is 0 Å². The van der Waals surface area contributed by atoms with Crippen LogP contribution >= 0.6 is 22.9 Å². The average molecular weight is 610 g/mol. The van der Waals surface area contributed by atoms with Gasteiger partial charge in [-0.3, -0.25) is 9.88 Å².